The highest BCUT2D eigenvalue weighted by Gasteiger charge is 2.09. The van der Waals surface area contributed by atoms with Crippen LogP contribution in [0.3, 0.4) is 0 Å². The molecule has 0 spiro atoms. The van der Waals surface area contributed by atoms with Crippen molar-refractivity contribution in [2.24, 2.45) is 0 Å². The number of benzene rings is 2. The number of ether oxygens (including phenoxy) is 1. The van der Waals surface area contributed by atoms with Gasteiger partial charge in [0, 0.05) is 35.5 Å². The molecule has 168 valence electrons. The van der Waals surface area contributed by atoms with E-state index >= 15 is 0 Å². The Balaban J connectivity index is 1.30. The monoisotopic (exact) mass is 460 g/mol. The molecule has 0 radical (unpaired) electrons. The van der Waals surface area contributed by atoms with Crippen molar-refractivity contribution in [2.45, 2.75) is 19.9 Å². The molecule has 2 aromatic carbocycles. The topological polar surface area (TPSA) is 86.1 Å². The molecule has 2 aromatic heterocycles. The van der Waals surface area contributed by atoms with Crippen molar-refractivity contribution in [1.82, 2.24) is 19.9 Å². The van der Waals surface area contributed by atoms with E-state index < -0.39 is 0 Å². The minimum absolute atomic E-state index is 0.0816. The number of nitrogens with zero attached hydrogens (tertiary/aromatic N) is 3. The van der Waals surface area contributed by atoms with E-state index in [1.165, 1.54) is 17.0 Å². The average molecular weight is 461 g/mol. The molecule has 0 saturated heterocycles. The van der Waals surface area contributed by atoms with Gasteiger partial charge in [0.1, 0.15) is 17.3 Å². The zero-order valence-electron chi connectivity index (χ0n) is 18.2. The zero-order valence-corrected chi connectivity index (χ0v) is 19.0. The molecule has 0 aliphatic heterocycles. The van der Waals surface area contributed by atoms with Crippen molar-refractivity contribution < 1.29 is 9.53 Å². The van der Waals surface area contributed by atoms with Crippen LogP contribution in [0.1, 0.15) is 12.6 Å². The normalized spacial score (nSPS) is 10.7. The Morgan fingerprint density at radius 1 is 1.09 bits per heavy atom. The largest absolute Gasteiger partial charge is 0.494 e. The van der Waals surface area contributed by atoms with E-state index in [4.69, 9.17) is 4.74 Å². The molecule has 2 heterocycles. The molecule has 1 N–H and O–H groups in total. The minimum Gasteiger partial charge on any atom is -0.494 e. The lowest BCUT2D eigenvalue weighted by molar-refractivity contribution is -0.121. The molecular weight excluding hydrogens is 436 g/mol. The summed E-state index contributed by atoms with van der Waals surface area (Å²) in [6, 6.07) is 18.8. The molecule has 1 amide bonds. The van der Waals surface area contributed by atoms with Crippen molar-refractivity contribution in [3.63, 3.8) is 0 Å². The SMILES string of the molecule is CCOc1ccc(-c2cc(=O)n(CC(=O)NCCc3csc(-c4ccccc4)n3)cn2)cc1. The Kier molecular flexibility index (Phi) is 7.26. The predicted octanol–water partition coefficient (Wildman–Crippen LogP) is 3.79. The summed E-state index contributed by atoms with van der Waals surface area (Å²) >= 11 is 1.58. The molecule has 0 aliphatic rings. The molecule has 0 unspecified atom stereocenters. The van der Waals surface area contributed by atoms with Gasteiger partial charge in [0.05, 0.1) is 24.3 Å². The third kappa shape index (κ3) is 5.93. The van der Waals surface area contributed by atoms with Crippen LogP contribution in [0.5, 0.6) is 5.75 Å². The highest BCUT2D eigenvalue weighted by molar-refractivity contribution is 7.13. The van der Waals surface area contributed by atoms with Gasteiger partial charge in [0.25, 0.3) is 5.56 Å². The highest BCUT2D eigenvalue weighted by Crippen LogP contribution is 2.23. The molecule has 0 aliphatic carbocycles. The van der Waals surface area contributed by atoms with Crippen LogP contribution in [0.15, 0.2) is 77.2 Å². The molecule has 0 atom stereocenters. The summed E-state index contributed by atoms with van der Waals surface area (Å²) in [5.74, 6) is 0.520. The number of hydrogen-bond donors (Lipinski definition) is 1. The van der Waals surface area contributed by atoms with Gasteiger partial charge in [-0.2, -0.15) is 0 Å². The Hall–Kier alpha value is -3.78. The molecule has 4 aromatic rings. The van der Waals surface area contributed by atoms with Crippen LogP contribution in [-0.2, 0) is 17.8 Å². The Morgan fingerprint density at radius 3 is 2.61 bits per heavy atom. The lowest BCUT2D eigenvalue weighted by Gasteiger charge is -2.08. The Bertz CT molecular complexity index is 1270. The smallest absolute Gasteiger partial charge is 0.254 e. The summed E-state index contributed by atoms with van der Waals surface area (Å²) in [4.78, 5) is 33.7. The predicted molar refractivity (Wildman–Crippen MR) is 129 cm³/mol. The molecule has 33 heavy (non-hydrogen) atoms. The fourth-order valence-corrected chi connectivity index (χ4v) is 4.13. The van der Waals surface area contributed by atoms with Gasteiger partial charge < -0.3 is 10.1 Å². The first-order chi connectivity index (χ1) is 16.1. The van der Waals surface area contributed by atoms with Crippen LogP contribution in [0, 0.1) is 0 Å². The summed E-state index contributed by atoms with van der Waals surface area (Å²) in [5, 5.41) is 5.81. The average Bonchev–Trinajstić information content (AvgIpc) is 3.31. The summed E-state index contributed by atoms with van der Waals surface area (Å²) < 4.78 is 6.73. The van der Waals surface area contributed by atoms with Crippen molar-refractivity contribution in [1.29, 1.82) is 0 Å². The number of carbonyl (C=O) groups excluding carboxylic acids is 1. The molecule has 0 saturated carbocycles. The first-order valence-corrected chi connectivity index (χ1v) is 11.6. The summed E-state index contributed by atoms with van der Waals surface area (Å²) in [6.07, 6.45) is 2.03. The summed E-state index contributed by atoms with van der Waals surface area (Å²) in [7, 11) is 0. The lowest BCUT2D eigenvalue weighted by Crippen LogP contribution is -2.33. The van der Waals surface area contributed by atoms with Crippen molar-refractivity contribution in [3.05, 3.63) is 88.4 Å². The third-order valence-electron chi connectivity index (χ3n) is 4.93. The number of carbonyl (C=O) groups is 1. The fraction of sp³-hybridized carbons (Fsp3) is 0.200. The van der Waals surface area contributed by atoms with Crippen LogP contribution in [-0.4, -0.2) is 33.6 Å². The third-order valence-corrected chi connectivity index (χ3v) is 5.87. The second kappa shape index (κ2) is 10.7. The Labute approximate surface area is 195 Å². The number of aromatic nitrogens is 3. The fourth-order valence-electron chi connectivity index (χ4n) is 3.27. The Morgan fingerprint density at radius 2 is 1.88 bits per heavy atom. The quantitative estimate of drug-likeness (QED) is 0.411. The molecule has 0 fully saturated rings. The molecule has 7 nitrogen and oxygen atoms in total. The van der Waals surface area contributed by atoms with Crippen LogP contribution in [0.2, 0.25) is 0 Å². The van der Waals surface area contributed by atoms with Crippen LogP contribution >= 0.6 is 11.3 Å². The van der Waals surface area contributed by atoms with Crippen LogP contribution < -0.4 is 15.6 Å². The van der Waals surface area contributed by atoms with E-state index in [9.17, 15) is 9.59 Å². The van der Waals surface area contributed by atoms with E-state index in [0.29, 0.717) is 25.3 Å². The highest BCUT2D eigenvalue weighted by atomic mass is 32.1. The summed E-state index contributed by atoms with van der Waals surface area (Å²) in [5.41, 5.74) is 3.09. The van der Waals surface area contributed by atoms with Crippen molar-refractivity contribution in [3.8, 4) is 27.6 Å². The van der Waals surface area contributed by atoms with Crippen molar-refractivity contribution >= 4 is 17.2 Å². The number of rotatable bonds is 9. The van der Waals surface area contributed by atoms with Gasteiger partial charge in [-0.25, -0.2) is 9.97 Å². The van der Waals surface area contributed by atoms with Crippen LogP contribution in [0.4, 0.5) is 0 Å². The van der Waals surface area contributed by atoms with E-state index in [2.05, 4.69) is 15.3 Å². The maximum Gasteiger partial charge on any atom is 0.254 e. The van der Waals surface area contributed by atoms with Gasteiger partial charge in [0.2, 0.25) is 5.91 Å². The van der Waals surface area contributed by atoms with Gasteiger partial charge in [-0.1, -0.05) is 30.3 Å². The molecule has 4 rings (SSSR count). The van der Waals surface area contributed by atoms with E-state index in [0.717, 1.165) is 27.6 Å². The number of thiazole rings is 1. The van der Waals surface area contributed by atoms with Gasteiger partial charge in [-0.15, -0.1) is 11.3 Å². The number of nitrogens with one attached hydrogen (secondary N) is 1. The van der Waals surface area contributed by atoms with Crippen molar-refractivity contribution in [2.75, 3.05) is 13.2 Å². The first kappa shape index (κ1) is 22.4. The number of hydrogen-bond acceptors (Lipinski definition) is 6. The maximum absolute atomic E-state index is 12.5. The van der Waals surface area contributed by atoms with Gasteiger partial charge >= 0.3 is 0 Å². The van der Waals surface area contributed by atoms with Gasteiger partial charge in [0.15, 0.2) is 0 Å². The first-order valence-electron chi connectivity index (χ1n) is 10.7. The minimum atomic E-state index is -0.281. The lowest BCUT2D eigenvalue weighted by atomic mass is 10.1. The van der Waals surface area contributed by atoms with E-state index in [1.54, 1.807) is 11.3 Å². The number of amides is 1. The van der Waals surface area contributed by atoms with Crippen LogP contribution in [0.25, 0.3) is 21.8 Å². The molecule has 0 bridgehead atoms. The maximum atomic E-state index is 12.5. The van der Waals surface area contributed by atoms with E-state index in [-0.39, 0.29) is 18.0 Å². The molecule has 8 heteroatoms. The summed E-state index contributed by atoms with van der Waals surface area (Å²) in [6.45, 7) is 2.88. The molecular formula is C25H24N4O3S. The second-order valence-corrected chi connectivity index (χ2v) is 8.17. The standard InChI is InChI=1S/C25H24N4O3S/c1-2-32-21-10-8-18(9-11-21)22-14-24(31)29(17-27-22)15-23(30)26-13-12-20-16-33-25(28-20)19-6-4-3-5-7-19/h3-11,14,16-17H,2,12-13,15H2,1H3,(H,26,30). The van der Waals surface area contributed by atoms with E-state index in [1.807, 2.05) is 66.9 Å². The van der Waals surface area contributed by atoms with Gasteiger partial charge in [-0.3, -0.25) is 14.2 Å². The second-order valence-electron chi connectivity index (χ2n) is 7.31. The zero-order chi connectivity index (χ0) is 23.0. The van der Waals surface area contributed by atoms with Gasteiger partial charge in [-0.05, 0) is 31.2 Å².